The maximum atomic E-state index is 12.1. The maximum Gasteiger partial charge on any atom is 0.407 e. The Labute approximate surface area is 136 Å². The number of ether oxygens (including phenoxy) is 1. The summed E-state index contributed by atoms with van der Waals surface area (Å²) in [7, 11) is 0. The molecule has 1 aromatic carbocycles. The van der Waals surface area contributed by atoms with E-state index in [1.807, 2.05) is 19.9 Å². The van der Waals surface area contributed by atoms with Crippen LogP contribution in [-0.4, -0.2) is 31.2 Å². The number of alkyl carbamates (subject to hydrolysis) is 1. The van der Waals surface area contributed by atoms with E-state index in [-0.39, 0.29) is 11.9 Å². The molecule has 6 nitrogen and oxygen atoms in total. The number of nitrogens with one attached hydrogen (secondary N) is 2. The molecule has 6 heteroatoms. The molecule has 0 radical (unpaired) electrons. The van der Waals surface area contributed by atoms with Crippen molar-refractivity contribution in [3.05, 3.63) is 35.4 Å². The molecule has 2 N–H and O–H groups in total. The van der Waals surface area contributed by atoms with Crippen LogP contribution in [0.25, 0.3) is 0 Å². The quantitative estimate of drug-likeness (QED) is 0.808. The van der Waals surface area contributed by atoms with Gasteiger partial charge >= 0.3 is 6.09 Å². The Bertz CT molecular complexity index is 561. The van der Waals surface area contributed by atoms with E-state index in [9.17, 15) is 9.59 Å². The smallest absolute Gasteiger partial charge is 0.407 e. The molecular formula is C17H23N3O3. The van der Waals surface area contributed by atoms with Gasteiger partial charge in [-0.15, -0.1) is 0 Å². The standard InChI is InChI=1S/C17H23N3O3/c1-4-23-17(22)20-15(9-12(2)3)11-19-16(21)14-7-5-13(10-18)6-8-14/h5-8,12,15H,4,9,11H2,1-3H3,(H,19,21)(H,20,22). The lowest BCUT2D eigenvalue weighted by molar-refractivity contribution is 0.0944. The third-order valence-corrected chi connectivity index (χ3v) is 3.14. The topological polar surface area (TPSA) is 91.2 Å². The number of hydrogen-bond acceptors (Lipinski definition) is 4. The second-order valence-electron chi connectivity index (χ2n) is 5.59. The molecule has 1 rings (SSSR count). The Balaban J connectivity index is 2.59. The lowest BCUT2D eigenvalue weighted by Crippen LogP contribution is -2.44. The van der Waals surface area contributed by atoms with Crippen LogP contribution < -0.4 is 10.6 Å². The van der Waals surface area contributed by atoms with Crippen molar-refractivity contribution in [2.75, 3.05) is 13.2 Å². The molecule has 0 aliphatic carbocycles. The van der Waals surface area contributed by atoms with Gasteiger partial charge in [0.05, 0.1) is 18.2 Å². The summed E-state index contributed by atoms with van der Waals surface area (Å²) < 4.78 is 4.88. The van der Waals surface area contributed by atoms with Gasteiger partial charge in [-0.3, -0.25) is 4.79 Å². The number of benzene rings is 1. The summed E-state index contributed by atoms with van der Waals surface area (Å²) in [6, 6.07) is 8.20. The molecular weight excluding hydrogens is 294 g/mol. The number of nitrogens with zero attached hydrogens (tertiary/aromatic N) is 1. The lowest BCUT2D eigenvalue weighted by Gasteiger charge is -2.20. The van der Waals surface area contributed by atoms with Gasteiger partial charge in [0.15, 0.2) is 0 Å². The molecule has 0 saturated carbocycles. The van der Waals surface area contributed by atoms with Crippen LogP contribution in [0.4, 0.5) is 4.79 Å². The Kier molecular flexibility index (Phi) is 7.61. The lowest BCUT2D eigenvalue weighted by atomic mass is 10.0. The Morgan fingerprint density at radius 1 is 1.26 bits per heavy atom. The van der Waals surface area contributed by atoms with E-state index in [4.69, 9.17) is 10.00 Å². The zero-order chi connectivity index (χ0) is 17.2. The monoisotopic (exact) mass is 317 g/mol. The van der Waals surface area contributed by atoms with Gasteiger partial charge in [-0.05, 0) is 43.5 Å². The van der Waals surface area contributed by atoms with Gasteiger partial charge in [0.1, 0.15) is 0 Å². The van der Waals surface area contributed by atoms with Crippen molar-refractivity contribution in [2.45, 2.75) is 33.2 Å². The zero-order valence-corrected chi connectivity index (χ0v) is 13.8. The van der Waals surface area contributed by atoms with Crippen LogP contribution >= 0.6 is 0 Å². The SMILES string of the molecule is CCOC(=O)NC(CNC(=O)c1ccc(C#N)cc1)CC(C)C. The van der Waals surface area contributed by atoms with Gasteiger partial charge in [0.25, 0.3) is 5.91 Å². The molecule has 23 heavy (non-hydrogen) atoms. The fraction of sp³-hybridized carbons (Fsp3) is 0.471. The second-order valence-corrected chi connectivity index (χ2v) is 5.59. The molecule has 0 aromatic heterocycles. The summed E-state index contributed by atoms with van der Waals surface area (Å²) in [6.07, 6.45) is 0.248. The highest BCUT2D eigenvalue weighted by Gasteiger charge is 2.16. The fourth-order valence-electron chi connectivity index (χ4n) is 2.12. The Morgan fingerprint density at radius 2 is 1.91 bits per heavy atom. The first-order valence-electron chi connectivity index (χ1n) is 7.67. The van der Waals surface area contributed by atoms with Crippen LogP contribution in [0.2, 0.25) is 0 Å². The van der Waals surface area contributed by atoms with Crippen LogP contribution in [-0.2, 0) is 4.74 Å². The van der Waals surface area contributed by atoms with Gasteiger partial charge in [-0.25, -0.2) is 4.79 Å². The van der Waals surface area contributed by atoms with Crippen molar-refractivity contribution in [1.29, 1.82) is 5.26 Å². The van der Waals surface area contributed by atoms with Crippen LogP contribution in [0.1, 0.15) is 43.1 Å². The predicted molar refractivity (Wildman–Crippen MR) is 86.9 cm³/mol. The predicted octanol–water partition coefficient (Wildman–Crippen LogP) is 2.45. The van der Waals surface area contributed by atoms with Crippen molar-refractivity contribution >= 4 is 12.0 Å². The van der Waals surface area contributed by atoms with Gasteiger partial charge in [-0.2, -0.15) is 5.26 Å². The van der Waals surface area contributed by atoms with Crippen molar-refractivity contribution in [3.8, 4) is 6.07 Å². The van der Waals surface area contributed by atoms with Crippen molar-refractivity contribution in [3.63, 3.8) is 0 Å². The van der Waals surface area contributed by atoms with Crippen LogP contribution in [0.15, 0.2) is 24.3 Å². The number of rotatable bonds is 7. The first kappa shape index (κ1) is 18.5. The molecule has 0 spiro atoms. The fourth-order valence-corrected chi connectivity index (χ4v) is 2.12. The first-order chi connectivity index (χ1) is 11.0. The maximum absolute atomic E-state index is 12.1. The molecule has 0 saturated heterocycles. The van der Waals surface area contributed by atoms with Crippen molar-refractivity contribution in [2.24, 2.45) is 5.92 Å². The van der Waals surface area contributed by atoms with Crippen molar-refractivity contribution < 1.29 is 14.3 Å². The number of amides is 2. The molecule has 2 amide bonds. The molecule has 124 valence electrons. The van der Waals surface area contributed by atoms with E-state index < -0.39 is 6.09 Å². The molecule has 0 aliphatic rings. The molecule has 0 fully saturated rings. The minimum absolute atomic E-state index is 0.198. The summed E-state index contributed by atoms with van der Waals surface area (Å²) in [5.41, 5.74) is 0.978. The van der Waals surface area contributed by atoms with Crippen LogP contribution in [0.5, 0.6) is 0 Å². The highest BCUT2D eigenvalue weighted by atomic mass is 16.5. The van der Waals surface area contributed by atoms with Gasteiger partial charge < -0.3 is 15.4 Å². The van der Waals surface area contributed by atoms with E-state index >= 15 is 0 Å². The number of nitriles is 1. The van der Waals surface area contributed by atoms with Crippen LogP contribution in [0, 0.1) is 17.2 Å². The highest BCUT2D eigenvalue weighted by molar-refractivity contribution is 5.94. The molecule has 0 aliphatic heterocycles. The van der Waals surface area contributed by atoms with Gasteiger partial charge in [-0.1, -0.05) is 13.8 Å². The van der Waals surface area contributed by atoms with Gasteiger partial charge in [0, 0.05) is 18.2 Å². The van der Waals surface area contributed by atoms with E-state index in [1.165, 1.54) is 0 Å². The summed E-state index contributed by atoms with van der Waals surface area (Å²) in [5.74, 6) is 0.127. The molecule has 1 unspecified atom stereocenters. The minimum Gasteiger partial charge on any atom is -0.450 e. The van der Waals surface area contributed by atoms with E-state index in [0.29, 0.717) is 30.2 Å². The summed E-state index contributed by atoms with van der Waals surface area (Å²) in [4.78, 5) is 23.7. The average molecular weight is 317 g/mol. The van der Waals surface area contributed by atoms with E-state index in [2.05, 4.69) is 10.6 Å². The molecule has 0 bridgehead atoms. The normalized spacial score (nSPS) is 11.4. The molecule has 1 aromatic rings. The third kappa shape index (κ3) is 6.83. The molecule has 1 atom stereocenters. The highest BCUT2D eigenvalue weighted by Crippen LogP contribution is 2.06. The largest absolute Gasteiger partial charge is 0.450 e. The second kappa shape index (κ2) is 9.46. The Morgan fingerprint density at radius 3 is 2.43 bits per heavy atom. The number of carbonyl (C=O) groups excluding carboxylic acids is 2. The first-order valence-corrected chi connectivity index (χ1v) is 7.67. The van der Waals surface area contributed by atoms with E-state index in [1.54, 1.807) is 31.2 Å². The average Bonchev–Trinajstić information content (AvgIpc) is 2.52. The summed E-state index contributed by atoms with van der Waals surface area (Å²) in [6.45, 7) is 6.45. The van der Waals surface area contributed by atoms with Crippen molar-refractivity contribution in [1.82, 2.24) is 10.6 Å². The zero-order valence-electron chi connectivity index (χ0n) is 13.8. The number of hydrogen-bond donors (Lipinski definition) is 2. The summed E-state index contributed by atoms with van der Waals surface area (Å²) >= 11 is 0. The summed E-state index contributed by atoms with van der Waals surface area (Å²) in [5, 5.41) is 14.3. The van der Waals surface area contributed by atoms with Crippen LogP contribution in [0.3, 0.4) is 0 Å². The number of carbonyl (C=O) groups is 2. The molecule has 0 heterocycles. The third-order valence-electron chi connectivity index (χ3n) is 3.14. The van der Waals surface area contributed by atoms with E-state index in [0.717, 1.165) is 6.42 Å². The van der Waals surface area contributed by atoms with Gasteiger partial charge in [0.2, 0.25) is 0 Å². The Hall–Kier alpha value is -2.55. The minimum atomic E-state index is -0.481.